The summed E-state index contributed by atoms with van der Waals surface area (Å²) in [6.07, 6.45) is 1.86. The van der Waals surface area contributed by atoms with E-state index in [1.165, 1.54) is 5.56 Å². The molecule has 1 amide bonds. The standard InChI is InChI=1S/C24H23N3O3/c1-29-20-10-12-21(13-11-20)30-16-24(28)25-14-18-6-8-19(9-7-18)15-27-17-26-22-4-2-3-5-23(22)27/h2-13,17H,14-16H2,1H3,(H,25,28). The van der Waals surface area contributed by atoms with E-state index < -0.39 is 0 Å². The van der Waals surface area contributed by atoms with Crippen LogP contribution in [0.25, 0.3) is 11.0 Å². The third-order valence-corrected chi connectivity index (χ3v) is 4.82. The van der Waals surface area contributed by atoms with E-state index in [0.717, 1.165) is 28.9 Å². The lowest BCUT2D eigenvalue weighted by Gasteiger charge is -2.09. The average molecular weight is 401 g/mol. The Bertz CT molecular complexity index is 1120. The van der Waals surface area contributed by atoms with Crippen molar-refractivity contribution in [2.45, 2.75) is 13.1 Å². The zero-order valence-electron chi connectivity index (χ0n) is 16.7. The maximum Gasteiger partial charge on any atom is 0.258 e. The molecule has 0 radical (unpaired) electrons. The quantitative estimate of drug-likeness (QED) is 0.488. The molecule has 0 aliphatic heterocycles. The smallest absolute Gasteiger partial charge is 0.258 e. The highest BCUT2D eigenvalue weighted by Gasteiger charge is 2.05. The van der Waals surface area contributed by atoms with E-state index in [4.69, 9.17) is 9.47 Å². The topological polar surface area (TPSA) is 65.4 Å². The van der Waals surface area contributed by atoms with Gasteiger partial charge in [-0.05, 0) is 47.5 Å². The molecule has 3 aromatic carbocycles. The number of hydrogen-bond acceptors (Lipinski definition) is 4. The maximum absolute atomic E-state index is 12.0. The predicted molar refractivity (Wildman–Crippen MR) is 116 cm³/mol. The summed E-state index contributed by atoms with van der Waals surface area (Å²) in [5.74, 6) is 1.21. The third-order valence-electron chi connectivity index (χ3n) is 4.82. The second-order valence-electron chi connectivity index (χ2n) is 6.92. The van der Waals surface area contributed by atoms with Crippen LogP contribution in [0.2, 0.25) is 0 Å². The van der Waals surface area contributed by atoms with Gasteiger partial charge in [0.1, 0.15) is 11.5 Å². The number of hydrogen-bond donors (Lipinski definition) is 1. The van der Waals surface area contributed by atoms with Crippen molar-refractivity contribution in [3.63, 3.8) is 0 Å². The molecule has 0 saturated carbocycles. The van der Waals surface area contributed by atoms with Crippen LogP contribution in [0.5, 0.6) is 11.5 Å². The molecule has 30 heavy (non-hydrogen) atoms. The van der Waals surface area contributed by atoms with Crippen LogP contribution in [0.1, 0.15) is 11.1 Å². The lowest BCUT2D eigenvalue weighted by Crippen LogP contribution is -2.28. The van der Waals surface area contributed by atoms with Gasteiger partial charge in [0.15, 0.2) is 6.61 Å². The van der Waals surface area contributed by atoms with Gasteiger partial charge < -0.3 is 19.4 Å². The molecule has 0 spiro atoms. The van der Waals surface area contributed by atoms with E-state index in [-0.39, 0.29) is 12.5 Å². The first-order chi connectivity index (χ1) is 14.7. The molecule has 0 saturated heterocycles. The molecule has 0 bridgehead atoms. The summed E-state index contributed by atoms with van der Waals surface area (Å²) in [4.78, 5) is 16.5. The summed E-state index contributed by atoms with van der Waals surface area (Å²) in [5.41, 5.74) is 4.32. The van der Waals surface area contributed by atoms with Crippen molar-refractivity contribution in [1.29, 1.82) is 0 Å². The van der Waals surface area contributed by atoms with Gasteiger partial charge in [0.2, 0.25) is 0 Å². The van der Waals surface area contributed by atoms with Crippen LogP contribution in [-0.4, -0.2) is 29.2 Å². The Kier molecular flexibility index (Phi) is 5.94. The van der Waals surface area contributed by atoms with Gasteiger partial charge >= 0.3 is 0 Å². The monoisotopic (exact) mass is 401 g/mol. The minimum absolute atomic E-state index is 0.0296. The highest BCUT2D eigenvalue weighted by Crippen LogP contribution is 2.17. The maximum atomic E-state index is 12.0. The van der Waals surface area contributed by atoms with Crippen LogP contribution < -0.4 is 14.8 Å². The summed E-state index contributed by atoms with van der Waals surface area (Å²) in [7, 11) is 1.61. The molecule has 6 nitrogen and oxygen atoms in total. The Labute approximate surface area is 175 Å². The van der Waals surface area contributed by atoms with Gasteiger partial charge in [0.25, 0.3) is 5.91 Å². The second kappa shape index (κ2) is 9.13. The Morgan fingerprint density at radius 3 is 2.40 bits per heavy atom. The van der Waals surface area contributed by atoms with Gasteiger partial charge in [0.05, 0.1) is 24.5 Å². The first-order valence-corrected chi connectivity index (χ1v) is 9.72. The normalized spacial score (nSPS) is 10.7. The van der Waals surface area contributed by atoms with E-state index in [0.29, 0.717) is 12.3 Å². The molecule has 0 aliphatic carbocycles. The zero-order chi connectivity index (χ0) is 20.8. The Morgan fingerprint density at radius 1 is 0.933 bits per heavy atom. The number of nitrogens with zero attached hydrogens (tertiary/aromatic N) is 2. The van der Waals surface area contributed by atoms with E-state index in [1.54, 1.807) is 31.4 Å². The molecule has 4 rings (SSSR count). The molecule has 0 aliphatic rings. The van der Waals surface area contributed by atoms with Crippen molar-refractivity contribution >= 4 is 16.9 Å². The first kappa shape index (κ1) is 19.5. The summed E-state index contributed by atoms with van der Waals surface area (Å²) in [6, 6.07) is 23.4. The van der Waals surface area contributed by atoms with E-state index in [2.05, 4.69) is 33.1 Å². The fourth-order valence-electron chi connectivity index (χ4n) is 3.17. The van der Waals surface area contributed by atoms with E-state index in [1.807, 2.05) is 36.7 Å². The average Bonchev–Trinajstić information content (AvgIpc) is 3.20. The van der Waals surface area contributed by atoms with Crippen molar-refractivity contribution in [2.75, 3.05) is 13.7 Å². The van der Waals surface area contributed by atoms with Gasteiger partial charge in [-0.3, -0.25) is 4.79 Å². The molecule has 1 heterocycles. The fraction of sp³-hybridized carbons (Fsp3) is 0.167. The number of methoxy groups -OCH3 is 1. The van der Waals surface area contributed by atoms with Crippen molar-refractivity contribution in [1.82, 2.24) is 14.9 Å². The number of amides is 1. The van der Waals surface area contributed by atoms with Gasteiger partial charge in [-0.1, -0.05) is 36.4 Å². The van der Waals surface area contributed by atoms with Gasteiger partial charge in [-0.15, -0.1) is 0 Å². The summed E-state index contributed by atoms with van der Waals surface area (Å²) in [5, 5.41) is 2.88. The number of para-hydroxylation sites is 2. The minimum atomic E-state index is -0.167. The molecular weight excluding hydrogens is 378 g/mol. The minimum Gasteiger partial charge on any atom is -0.497 e. The van der Waals surface area contributed by atoms with Crippen LogP contribution in [0.15, 0.2) is 79.1 Å². The Morgan fingerprint density at radius 2 is 1.63 bits per heavy atom. The Balaban J connectivity index is 1.26. The summed E-state index contributed by atoms with van der Waals surface area (Å²) >= 11 is 0. The lowest BCUT2D eigenvalue weighted by molar-refractivity contribution is -0.123. The fourth-order valence-corrected chi connectivity index (χ4v) is 3.17. The molecule has 1 aromatic heterocycles. The Hall–Kier alpha value is -3.80. The number of imidazole rings is 1. The molecule has 0 atom stereocenters. The number of fused-ring (bicyclic) bond motifs is 1. The van der Waals surface area contributed by atoms with E-state index in [9.17, 15) is 4.79 Å². The summed E-state index contributed by atoms with van der Waals surface area (Å²) in [6.45, 7) is 1.18. The van der Waals surface area contributed by atoms with Crippen molar-refractivity contribution in [3.8, 4) is 11.5 Å². The number of nitrogens with one attached hydrogen (secondary N) is 1. The molecule has 0 unspecified atom stereocenters. The molecule has 1 N–H and O–H groups in total. The van der Waals surface area contributed by atoms with E-state index >= 15 is 0 Å². The van der Waals surface area contributed by atoms with Crippen molar-refractivity contribution < 1.29 is 14.3 Å². The predicted octanol–water partition coefficient (Wildman–Crippen LogP) is 3.79. The van der Waals surface area contributed by atoms with Crippen LogP contribution in [0, 0.1) is 0 Å². The highest BCUT2D eigenvalue weighted by molar-refractivity contribution is 5.77. The molecule has 4 aromatic rings. The molecule has 152 valence electrons. The first-order valence-electron chi connectivity index (χ1n) is 9.72. The molecular formula is C24H23N3O3. The largest absolute Gasteiger partial charge is 0.497 e. The number of rotatable bonds is 8. The highest BCUT2D eigenvalue weighted by atomic mass is 16.5. The second-order valence-corrected chi connectivity index (χ2v) is 6.92. The van der Waals surface area contributed by atoms with Crippen molar-refractivity contribution in [2.24, 2.45) is 0 Å². The van der Waals surface area contributed by atoms with Gasteiger partial charge in [-0.2, -0.15) is 0 Å². The third kappa shape index (κ3) is 4.78. The zero-order valence-corrected chi connectivity index (χ0v) is 16.7. The van der Waals surface area contributed by atoms with Crippen LogP contribution >= 0.6 is 0 Å². The van der Waals surface area contributed by atoms with Gasteiger partial charge in [-0.25, -0.2) is 4.98 Å². The van der Waals surface area contributed by atoms with Crippen LogP contribution in [0.3, 0.4) is 0 Å². The SMILES string of the molecule is COc1ccc(OCC(=O)NCc2ccc(Cn3cnc4ccccc43)cc2)cc1. The number of carbonyl (C=O) groups is 1. The van der Waals surface area contributed by atoms with Crippen LogP contribution in [-0.2, 0) is 17.9 Å². The summed E-state index contributed by atoms with van der Waals surface area (Å²) < 4.78 is 12.7. The molecule has 6 heteroatoms. The molecule has 0 fully saturated rings. The number of ether oxygens (including phenoxy) is 2. The number of benzene rings is 3. The van der Waals surface area contributed by atoms with Gasteiger partial charge in [0, 0.05) is 13.1 Å². The lowest BCUT2D eigenvalue weighted by atomic mass is 10.1. The van der Waals surface area contributed by atoms with Crippen molar-refractivity contribution in [3.05, 3.63) is 90.3 Å². The number of carbonyl (C=O) groups excluding carboxylic acids is 1. The van der Waals surface area contributed by atoms with Crippen LogP contribution in [0.4, 0.5) is 0 Å². The number of aromatic nitrogens is 2.